The number of nitrogens with zero attached hydrogens (tertiary/aromatic N) is 3. The highest BCUT2D eigenvalue weighted by Gasteiger charge is 2.30. The maximum absolute atomic E-state index is 13.1. The highest BCUT2D eigenvalue weighted by atomic mass is 19.4. The summed E-state index contributed by atoms with van der Waals surface area (Å²) >= 11 is 0. The second-order valence-electron chi connectivity index (χ2n) is 7.74. The number of carbonyl (C=O) groups excluding carboxylic acids is 1. The number of aromatic nitrogens is 1. The number of hydrogen-bond acceptors (Lipinski definition) is 3. The highest BCUT2D eigenvalue weighted by Crippen LogP contribution is 2.29. The van der Waals surface area contributed by atoms with Crippen molar-refractivity contribution < 1.29 is 18.0 Å². The van der Waals surface area contributed by atoms with Crippen molar-refractivity contribution in [1.82, 2.24) is 14.4 Å². The molecule has 1 aliphatic rings. The highest BCUT2D eigenvalue weighted by molar-refractivity contribution is 6.06. The summed E-state index contributed by atoms with van der Waals surface area (Å²) in [5, 5.41) is 0.738. The van der Waals surface area contributed by atoms with E-state index >= 15 is 0 Å². The van der Waals surface area contributed by atoms with E-state index < -0.39 is 11.7 Å². The molecule has 31 heavy (non-hydrogen) atoms. The fourth-order valence-electron chi connectivity index (χ4n) is 3.92. The molecule has 0 N–H and O–H groups in total. The molecule has 4 rings (SSSR count). The fraction of sp³-hybridized carbons (Fsp3) is 0.304. The molecule has 1 fully saturated rings. The first-order valence-corrected chi connectivity index (χ1v) is 10.0. The van der Waals surface area contributed by atoms with E-state index in [1.54, 1.807) is 11.9 Å². The Bertz CT molecular complexity index is 1160. The number of carbonyl (C=O) groups is 1. The molecule has 0 bridgehead atoms. The molecular formula is C23H22F3N3O2. The number of piperazine rings is 1. The van der Waals surface area contributed by atoms with E-state index in [1.807, 2.05) is 24.3 Å². The summed E-state index contributed by atoms with van der Waals surface area (Å²) < 4.78 is 39.7. The third-order valence-corrected chi connectivity index (χ3v) is 5.73. The number of pyridine rings is 1. The van der Waals surface area contributed by atoms with Crippen molar-refractivity contribution in [1.29, 1.82) is 0 Å². The Morgan fingerprint density at radius 1 is 0.968 bits per heavy atom. The fourth-order valence-corrected chi connectivity index (χ4v) is 3.92. The van der Waals surface area contributed by atoms with Gasteiger partial charge in [-0.2, -0.15) is 13.2 Å². The number of rotatable bonds is 3. The molecule has 0 saturated carbocycles. The average molecular weight is 429 g/mol. The lowest BCUT2D eigenvalue weighted by Gasteiger charge is -2.35. The van der Waals surface area contributed by atoms with E-state index in [9.17, 15) is 22.8 Å². The first-order chi connectivity index (χ1) is 14.7. The van der Waals surface area contributed by atoms with Crippen LogP contribution < -0.4 is 5.56 Å². The Hall–Kier alpha value is -3.13. The minimum atomic E-state index is -4.34. The summed E-state index contributed by atoms with van der Waals surface area (Å²) in [6.45, 7) is 2.71. The van der Waals surface area contributed by atoms with Gasteiger partial charge in [0, 0.05) is 51.2 Å². The normalized spacial score (nSPS) is 15.4. The van der Waals surface area contributed by atoms with Crippen LogP contribution in [0.4, 0.5) is 13.2 Å². The number of alkyl halides is 3. The predicted molar refractivity (Wildman–Crippen MR) is 112 cm³/mol. The topological polar surface area (TPSA) is 45.6 Å². The Morgan fingerprint density at radius 3 is 2.26 bits per heavy atom. The molecule has 8 heteroatoms. The van der Waals surface area contributed by atoms with E-state index in [-0.39, 0.29) is 11.5 Å². The maximum Gasteiger partial charge on any atom is 0.416 e. The van der Waals surface area contributed by atoms with Gasteiger partial charge in [0.05, 0.1) is 16.6 Å². The number of para-hydroxylation sites is 1. The van der Waals surface area contributed by atoms with Gasteiger partial charge >= 0.3 is 6.18 Å². The van der Waals surface area contributed by atoms with Gasteiger partial charge in [-0.15, -0.1) is 0 Å². The minimum absolute atomic E-state index is 0.178. The first kappa shape index (κ1) is 21.1. The van der Waals surface area contributed by atoms with Crippen LogP contribution in [0.1, 0.15) is 21.5 Å². The van der Waals surface area contributed by atoms with E-state index in [1.165, 1.54) is 22.8 Å². The Kier molecular flexibility index (Phi) is 5.58. The van der Waals surface area contributed by atoms with Crippen molar-refractivity contribution in [3.05, 3.63) is 81.6 Å². The van der Waals surface area contributed by atoms with Gasteiger partial charge in [0.15, 0.2) is 0 Å². The van der Waals surface area contributed by atoms with Gasteiger partial charge in [0.25, 0.3) is 11.5 Å². The van der Waals surface area contributed by atoms with E-state index in [0.717, 1.165) is 23.1 Å². The Labute approximate surface area is 177 Å². The lowest BCUT2D eigenvalue weighted by Crippen LogP contribution is -2.48. The lowest BCUT2D eigenvalue weighted by molar-refractivity contribution is -0.137. The van der Waals surface area contributed by atoms with Crippen LogP contribution in [0.3, 0.4) is 0 Å². The molecule has 3 aromatic rings. The summed E-state index contributed by atoms with van der Waals surface area (Å²) in [5.41, 5.74) is 1.01. The number of benzene rings is 2. The second kappa shape index (κ2) is 8.19. The number of hydrogen-bond donors (Lipinski definition) is 0. The monoisotopic (exact) mass is 429 g/mol. The van der Waals surface area contributed by atoms with Crippen LogP contribution in [-0.4, -0.2) is 46.5 Å². The first-order valence-electron chi connectivity index (χ1n) is 10.0. The van der Waals surface area contributed by atoms with Crippen LogP contribution in [-0.2, 0) is 19.8 Å². The van der Waals surface area contributed by atoms with Gasteiger partial charge in [0.1, 0.15) is 0 Å². The molecular weight excluding hydrogens is 407 g/mol. The summed E-state index contributed by atoms with van der Waals surface area (Å²) in [6.07, 6.45) is -4.34. The van der Waals surface area contributed by atoms with Crippen LogP contribution in [0.2, 0.25) is 0 Å². The van der Waals surface area contributed by atoms with Crippen LogP contribution in [0.25, 0.3) is 10.9 Å². The van der Waals surface area contributed by atoms with Gasteiger partial charge in [-0.3, -0.25) is 14.5 Å². The lowest BCUT2D eigenvalue weighted by atomic mass is 10.1. The number of halogens is 3. The van der Waals surface area contributed by atoms with Crippen LogP contribution in [0.15, 0.2) is 59.4 Å². The standard InChI is InChI=1S/C23H22F3N3O2/c1-27-20-5-3-2-4-18(20)19(14-21(27)30)22(31)29-12-10-28(11-13-29)15-16-6-8-17(9-7-16)23(24,25)26/h2-9,14H,10-13,15H2,1H3. The number of amides is 1. The van der Waals surface area contributed by atoms with E-state index in [2.05, 4.69) is 4.90 Å². The summed E-state index contributed by atoms with van der Waals surface area (Å²) in [4.78, 5) is 29.3. The number of fused-ring (bicyclic) bond motifs is 1. The van der Waals surface area contributed by atoms with Crippen molar-refractivity contribution in [2.75, 3.05) is 26.2 Å². The van der Waals surface area contributed by atoms with Gasteiger partial charge in [-0.25, -0.2) is 0 Å². The maximum atomic E-state index is 13.1. The third-order valence-electron chi connectivity index (χ3n) is 5.73. The summed E-state index contributed by atoms with van der Waals surface area (Å²) in [7, 11) is 1.68. The molecule has 0 aliphatic carbocycles. The molecule has 1 aliphatic heterocycles. The van der Waals surface area contributed by atoms with Gasteiger partial charge in [0.2, 0.25) is 0 Å². The largest absolute Gasteiger partial charge is 0.416 e. The van der Waals surface area contributed by atoms with Crippen LogP contribution in [0.5, 0.6) is 0 Å². The van der Waals surface area contributed by atoms with Crippen molar-refractivity contribution >= 4 is 16.8 Å². The minimum Gasteiger partial charge on any atom is -0.336 e. The van der Waals surface area contributed by atoms with Crippen LogP contribution >= 0.6 is 0 Å². The summed E-state index contributed by atoms with van der Waals surface area (Å²) in [5.74, 6) is -0.178. The molecule has 0 radical (unpaired) electrons. The Morgan fingerprint density at radius 2 is 1.61 bits per heavy atom. The SMILES string of the molecule is Cn1c(=O)cc(C(=O)N2CCN(Cc3ccc(C(F)(F)F)cc3)CC2)c2ccccc21. The zero-order chi connectivity index (χ0) is 22.2. The zero-order valence-electron chi connectivity index (χ0n) is 17.0. The molecule has 0 spiro atoms. The summed E-state index contributed by atoms with van der Waals surface area (Å²) in [6, 6.07) is 13.9. The molecule has 2 aromatic carbocycles. The molecule has 1 saturated heterocycles. The van der Waals surface area contributed by atoms with E-state index in [0.29, 0.717) is 43.8 Å². The number of aryl methyl sites for hydroxylation is 1. The smallest absolute Gasteiger partial charge is 0.336 e. The zero-order valence-corrected chi connectivity index (χ0v) is 17.0. The van der Waals surface area contributed by atoms with Gasteiger partial charge in [-0.1, -0.05) is 30.3 Å². The van der Waals surface area contributed by atoms with E-state index in [4.69, 9.17) is 0 Å². The average Bonchev–Trinajstić information content (AvgIpc) is 2.76. The molecule has 2 heterocycles. The molecule has 5 nitrogen and oxygen atoms in total. The molecule has 0 atom stereocenters. The van der Waals surface area contributed by atoms with Gasteiger partial charge < -0.3 is 9.47 Å². The molecule has 1 amide bonds. The Balaban J connectivity index is 1.44. The molecule has 162 valence electrons. The molecule has 0 unspecified atom stereocenters. The second-order valence-corrected chi connectivity index (χ2v) is 7.74. The van der Waals surface area contributed by atoms with Gasteiger partial charge in [-0.05, 0) is 23.8 Å². The van der Waals surface area contributed by atoms with Crippen molar-refractivity contribution in [3.8, 4) is 0 Å². The van der Waals surface area contributed by atoms with Crippen molar-refractivity contribution in [2.24, 2.45) is 7.05 Å². The van der Waals surface area contributed by atoms with Crippen molar-refractivity contribution in [3.63, 3.8) is 0 Å². The van der Waals surface area contributed by atoms with Crippen LogP contribution in [0, 0.1) is 0 Å². The van der Waals surface area contributed by atoms with Crippen molar-refractivity contribution in [2.45, 2.75) is 12.7 Å². The molecule has 1 aromatic heterocycles. The predicted octanol–water partition coefficient (Wildman–Crippen LogP) is 3.52. The third kappa shape index (κ3) is 4.34. The quantitative estimate of drug-likeness (QED) is 0.640.